The van der Waals surface area contributed by atoms with Gasteiger partial charge in [0.25, 0.3) is 0 Å². The number of esters is 1. The molecule has 3 aromatic carbocycles. The van der Waals surface area contributed by atoms with Crippen LogP contribution in [-0.2, 0) is 16.1 Å². The van der Waals surface area contributed by atoms with Crippen LogP contribution in [0.4, 0.5) is 4.79 Å². The minimum Gasteiger partial charge on any atom is -0.490 e. The Labute approximate surface area is 292 Å². The summed E-state index contributed by atoms with van der Waals surface area (Å²) in [5, 5.41) is 29.0. The van der Waals surface area contributed by atoms with Crippen LogP contribution in [-0.4, -0.2) is 56.5 Å². The van der Waals surface area contributed by atoms with Crippen molar-refractivity contribution in [3.63, 3.8) is 0 Å². The van der Waals surface area contributed by atoms with Crippen LogP contribution in [0, 0.1) is 14.9 Å². The van der Waals surface area contributed by atoms with Crippen LogP contribution >= 0.6 is 22.6 Å². The number of hydrogen-bond donors (Lipinski definition) is 4. The number of nitrogens with zero attached hydrogens (tertiary/aromatic N) is 2. The zero-order chi connectivity index (χ0) is 34.6. The maximum Gasteiger partial charge on any atom is 0.337 e. The Hall–Kier alpha value is -5.01. The third-order valence-corrected chi connectivity index (χ3v) is 7.71. The van der Waals surface area contributed by atoms with Gasteiger partial charge >= 0.3 is 12.0 Å². The molecule has 0 fully saturated rings. The summed E-state index contributed by atoms with van der Waals surface area (Å²) in [4.78, 5) is 24.7. The number of benzene rings is 3. The van der Waals surface area contributed by atoms with E-state index in [1.165, 1.54) is 7.11 Å². The summed E-state index contributed by atoms with van der Waals surface area (Å²) in [5.41, 5.74) is 6.08. The van der Waals surface area contributed by atoms with Crippen molar-refractivity contribution >= 4 is 40.8 Å². The van der Waals surface area contributed by atoms with Crippen molar-refractivity contribution in [2.75, 3.05) is 26.9 Å². The Morgan fingerprint density at radius 3 is 2.48 bits per heavy atom. The SMILES string of the molecule is CCOc1cc([C@@H]2NC(=O)NC(C)=C2C(=O)OC)ccc1OC[C@@H](O)N/N=C/c1cc(I)c(OCc2ccc(C#N)cc2)c(OCC)c1. The monoisotopic (exact) mass is 769 g/mol. The highest BCUT2D eigenvalue weighted by Gasteiger charge is 2.32. The number of halogens is 1. The number of amides is 2. The molecule has 0 bridgehead atoms. The molecule has 48 heavy (non-hydrogen) atoms. The van der Waals surface area contributed by atoms with Gasteiger partial charge in [-0.05, 0) is 96.5 Å². The summed E-state index contributed by atoms with van der Waals surface area (Å²) in [6, 6.07) is 16.7. The van der Waals surface area contributed by atoms with Gasteiger partial charge < -0.3 is 39.4 Å². The van der Waals surface area contributed by atoms with Crippen LogP contribution in [0.5, 0.6) is 23.0 Å². The Morgan fingerprint density at radius 1 is 1.06 bits per heavy atom. The molecule has 252 valence electrons. The van der Waals surface area contributed by atoms with E-state index in [1.54, 1.807) is 49.5 Å². The van der Waals surface area contributed by atoms with Gasteiger partial charge in [0.1, 0.15) is 13.2 Å². The van der Waals surface area contributed by atoms with Gasteiger partial charge in [0.15, 0.2) is 29.2 Å². The smallest absolute Gasteiger partial charge is 0.337 e. The lowest BCUT2D eigenvalue weighted by atomic mass is 9.95. The summed E-state index contributed by atoms with van der Waals surface area (Å²) in [7, 11) is 1.27. The Kier molecular flexibility index (Phi) is 12.9. The molecule has 0 spiro atoms. The predicted octanol–water partition coefficient (Wildman–Crippen LogP) is 4.66. The van der Waals surface area contributed by atoms with Crippen molar-refractivity contribution in [3.05, 3.63) is 91.7 Å². The predicted molar refractivity (Wildman–Crippen MR) is 185 cm³/mol. The number of methoxy groups -OCH3 is 1. The average Bonchev–Trinajstić information content (AvgIpc) is 3.07. The van der Waals surface area contributed by atoms with E-state index in [0.29, 0.717) is 65.2 Å². The number of carbonyl (C=O) groups excluding carboxylic acids is 2. The van der Waals surface area contributed by atoms with Crippen LogP contribution in [0.15, 0.2) is 71.0 Å². The molecule has 4 rings (SSSR count). The molecule has 14 heteroatoms. The first-order chi connectivity index (χ1) is 23.2. The minimum absolute atomic E-state index is 0.170. The first-order valence-corrected chi connectivity index (χ1v) is 16.1. The number of urea groups is 1. The molecule has 2 amide bonds. The maximum atomic E-state index is 12.5. The fourth-order valence-electron chi connectivity index (χ4n) is 4.72. The van der Waals surface area contributed by atoms with E-state index in [4.69, 9.17) is 28.9 Å². The minimum atomic E-state index is -1.17. The number of ether oxygens (including phenoxy) is 5. The summed E-state index contributed by atoms with van der Waals surface area (Å²) in [5.74, 6) is 1.26. The molecule has 0 saturated heterocycles. The largest absolute Gasteiger partial charge is 0.490 e. The molecule has 0 aliphatic carbocycles. The number of nitriles is 1. The number of aliphatic hydroxyl groups excluding tert-OH is 1. The second-order valence-corrected chi connectivity index (χ2v) is 11.4. The van der Waals surface area contributed by atoms with Gasteiger partial charge in [0, 0.05) is 5.70 Å². The lowest BCUT2D eigenvalue weighted by Gasteiger charge is -2.28. The molecule has 4 N–H and O–H groups in total. The topological polar surface area (TPSA) is 173 Å². The molecule has 3 aromatic rings. The fourth-order valence-corrected chi connectivity index (χ4v) is 5.50. The van der Waals surface area contributed by atoms with Gasteiger partial charge in [-0.15, -0.1) is 0 Å². The maximum absolute atomic E-state index is 12.5. The highest BCUT2D eigenvalue weighted by Crippen LogP contribution is 2.36. The van der Waals surface area contributed by atoms with Crippen LogP contribution in [0.1, 0.15) is 49.1 Å². The molecule has 0 aromatic heterocycles. The van der Waals surface area contributed by atoms with Gasteiger partial charge in [-0.2, -0.15) is 10.4 Å². The molecule has 1 aliphatic rings. The fraction of sp³-hybridized carbons (Fsp3) is 0.294. The molecule has 2 atom stereocenters. The Balaban J connectivity index is 1.40. The molecular weight excluding hydrogens is 733 g/mol. The normalized spacial score (nSPS) is 14.8. The van der Waals surface area contributed by atoms with E-state index in [9.17, 15) is 14.7 Å². The molecule has 0 saturated carbocycles. The van der Waals surface area contributed by atoms with E-state index in [1.807, 2.05) is 32.0 Å². The van der Waals surface area contributed by atoms with E-state index in [0.717, 1.165) is 9.13 Å². The average molecular weight is 770 g/mol. The quantitative estimate of drug-likeness (QED) is 0.0560. The van der Waals surface area contributed by atoms with E-state index in [-0.39, 0.29) is 12.2 Å². The van der Waals surface area contributed by atoms with E-state index >= 15 is 0 Å². The van der Waals surface area contributed by atoms with Crippen LogP contribution < -0.4 is 35.0 Å². The number of hydrazone groups is 1. The molecule has 1 heterocycles. The molecule has 13 nitrogen and oxygen atoms in total. The summed E-state index contributed by atoms with van der Waals surface area (Å²) >= 11 is 2.16. The van der Waals surface area contributed by atoms with Crippen molar-refractivity contribution in [2.24, 2.45) is 5.10 Å². The Bertz CT molecular complexity index is 1720. The van der Waals surface area contributed by atoms with Crippen LogP contribution in [0.2, 0.25) is 0 Å². The number of carbonyl (C=O) groups is 2. The number of hydrogen-bond acceptors (Lipinski definition) is 11. The lowest BCUT2D eigenvalue weighted by Crippen LogP contribution is -2.45. The second kappa shape index (κ2) is 17.2. The second-order valence-electron chi connectivity index (χ2n) is 10.3. The lowest BCUT2D eigenvalue weighted by molar-refractivity contribution is -0.136. The molecule has 0 radical (unpaired) electrons. The van der Waals surface area contributed by atoms with Crippen molar-refractivity contribution in [2.45, 2.75) is 39.6 Å². The number of aliphatic hydroxyl groups is 1. The highest BCUT2D eigenvalue weighted by molar-refractivity contribution is 14.1. The summed E-state index contributed by atoms with van der Waals surface area (Å²) in [6.45, 7) is 6.20. The zero-order valence-electron chi connectivity index (χ0n) is 26.8. The number of nitrogens with one attached hydrogen (secondary N) is 3. The van der Waals surface area contributed by atoms with Crippen molar-refractivity contribution in [1.29, 1.82) is 5.26 Å². The molecule has 1 aliphatic heterocycles. The van der Waals surface area contributed by atoms with Crippen molar-refractivity contribution in [3.8, 4) is 29.1 Å². The molecular formula is C34H36IN5O8. The van der Waals surface area contributed by atoms with Crippen LogP contribution in [0.3, 0.4) is 0 Å². The van der Waals surface area contributed by atoms with E-state index in [2.05, 4.69) is 49.8 Å². The van der Waals surface area contributed by atoms with Crippen molar-refractivity contribution in [1.82, 2.24) is 16.1 Å². The highest BCUT2D eigenvalue weighted by atomic mass is 127. The third-order valence-electron chi connectivity index (χ3n) is 6.91. The first-order valence-electron chi connectivity index (χ1n) is 15.0. The van der Waals surface area contributed by atoms with Gasteiger partial charge in [0.2, 0.25) is 0 Å². The summed E-state index contributed by atoms with van der Waals surface area (Å²) < 4.78 is 29.2. The number of rotatable bonds is 15. The standard InChI is InChI=1S/C34H36IN5O8/c1-5-45-27-15-24(31-30(33(42)44-4)20(3)38-34(43)39-31)11-12-26(27)47-19-29(41)40-37-17-23-13-25(35)32(28(14-23)46-6-2)48-18-22-9-7-21(16-36)8-10-22/h7-15,17,29,31,40-41H,5-6,18-19H2,1-4H3,(H2,38,39,43)/b37-17+/t29-,31+/m1/s1. The first kappa shape index (κ1) is 35.8. The van der Waals surface area contributed by atoms with E-state index < -0.39 is 24.3 Å². The van der Waals surface area contributed by atoms with Gasteiger partial charge in [-0.1, -0.05) is 18.2 Å². The van der Waals surface area contributed by atoms with Crippen LogP contribution in [0.25, 0.3) is 0 Å². The zero-order valence-corrected chi connectivity index (χ0v) is 29.0. The Morgan fingerprint density at radius 2 is 1.79 bits per heavy atom. The number of allylic oxidation sites excluding steroid dienone is 1. The summed E-state index contributed by atoms with van der Waals surface area (Å²) in [6.07, 6.45) is 0.372. The van der Waals surface area contributed by atoms with Gasteiger partial charge in [-0.3, -0.25) is 5.43 Å². The van der Waals surface area contributed by atoms with Gasteiger partial charge in [0.05, 0.1) is 53.4 Å². The van der Waals surface area contributed by atoms with Gasteiger partial charge in [-0.25, -0.2) is 9.59 Å². The third kappa shape index (κ3) is 9.29. The van der Waals surface area contributed by atoms with Crippen molar-refractivity contribution < 1.29 is 38.4 Å². The molecule has 0 unspecified atom stereocenters.